The number of Topliss-reactive ketones (excluding diaryl/α,β-unsaturated/α-hetero) is 1. The summed E-state index contributed by atoms with van der Waals surface area (Å²) in [6.45, 7) is 20.8. The maximum Gasteiger partial charge on any atom is 0.166 e. The van der Waals surface area contributed by atoms with Gasteiger partial charge in [0.2, 0.25) is 0 Å². The summed E-state index contributed by atoms with van der Waals surface area (Å²) in [6, 6.07) is 20.2. The molecule has 0 fully saturated rings. The summed E-state index contributed by atoms with van der Waals surface area (Å²) in [7, 11) is 0. The van der Waals surface area contributed by atoms with Crippen LogP contribution in [0.5, 0.6) is 0 Å². The first-order chi connectivity index (χ1) is 15.2. The molecule has 0 aliphatic carbocycles. The van der Waals surface area contributed by atoms with Gasteiger partial charge in [-0.2, -0.15) is 0 Å². The first kappa shape index (κ1) is 31.0. The van der Waals surface area contributed by atoms with Gasteiger partial charge in [0, 0.05) is 31.1 Å². The molecule has 1 aliphatic heterocycles. The summed E-state index contributed by atoms with van der Waals surface area (Å²) in [4.78, 5) is 14.8. The fourth-order valence-electron chi connectivity index (χ4n) is 3.15. The van der Waals surface area contributed by atoms with E-state index in [4.69, 9.17) is 0 Å². The van der Waals surface area contributed by atoms with Gasteiger partial charge >= 0.3 is 0 Å². The smallest absolute Gasteiger partial charge is 0.166 e. The zero-order valence-electron chi connectivity index (χ0n) is 21.6. The van der Waals surface area contributed by atoms with Crippen molar-refractivity contribution in [3.05, 3.63) is 77.9 Å². The van der Waals surface area contributed by atoms with Crippen molar-refractivity contribution in [2.45, 2.75) is 68.7 Å². The maximum absolute atomic E-state index is 12.5. The number of nitrogens with zero attached hydrogens (tertiary/aromatic N) is 1. The molecule has 0 spiro atoms. The van der Waals surface area contributed by atoms with Crippen LogP contribution < -0.4 is 0 Å². The molecular formula is C29H47NO. The molecule has 1 unspecified atom stereocenters. The second-order valence-electron chi connectivity index (χ2n) is 6.24. The molecule has 2 aromatic carbocycles. The van der Waals surface area contributed by atoms with Crippen LogP contribution in [0, 0.1) is 5.92 Å². The highest BCUT2D eigenvalue weighted by Gasteiger charge is 2.20. The molecule has 0 saturated carbocycles. The summed E-state index contributed by atoms with van der Waals surface area (Å²) in [5.41, 5.74) is 3.56. The van der Waals surface area contributed by atoms with E-state index in [2.05, 4.69) is 41.3 Å². The molecule has 0 bridgehead atoms. The van der Waals surface area contributed by atoms with Crippen LogP contribution in [-0.4, -0.2) is 30.3 Å². The number of carbonyl (C=O) groups is 1. The first-order valence-electron chi connectivity index (χ1n) is 12.3. The third-order valence-electron chi connectivity index (χ3n) is 4.48. The van der Waals surface area contributed by atoms with E-state index in [-0.39, 0.29) is 11.7 Å². The number of benzene rings is 2. The van der Waals surface area contributed by atoms with Gasteiger partial charge in [0.1, 0.15) is 0 Å². The molecule has 1 atom stereocenters. The van der Waals surface area contributed by atoms with Gasteiger partial charge in [-0.1, -0.05) is 129 Å². The van der Waals surface area contributed by atoms with E-state index in [0.29, 0.717) is 0 Å². The lowest BCUT2D eigenvalue weighted by molar-refractivity contribution is 0.0898. The van der Waals surface area contributed by atoms with Crippen LogP contribution in [0.25, 0.3) is 5.57 Å². The lowest BCUT2D eigenvalue weighted by Gasteiger charge is -2.28. The molecule has 0 amide bonds. The SMILES string of the molecule is CC.CC.CC.CC.CC(CN1CC=C(c2ccccc2)CC1)C(=O)c1ccccc1. The summed E-state index contributed by atoms with van der Waals surface area (Å²) < 4.78 is 0. The monoisotopic (exact) mass is 425 g/mol. The molecule has 1 heterocycles. The Kier molecular flexibility index (Phi) is 21.1. The maximum atomic E-state index is 12.5. The van der Waals surface area contributed by atoms with Crippen molar-refractivity contribution < 1.29 is 4.79 Å². The lowest BCUT2D eigenvalue weighted by atomic mass is 9.96. The molecule has 2 heteroatoms. The van der Waals surface area contributed by atoms with Crippen LogP contribution in [0.3, 0.4) is 0 Å². The summed E-state index contributed by atoms with van der Waals surface area (Å²) in [5.74, 6) is 0.271. The average molecular weight is 426 g/mol. The Morgan fingerprint density at radius 3 is 1.74 bits per heavy atom. The van der Waals surface area contributed by atoms with Crippen LogP contribution in [0.4, 0.5) is 0 Å². The van der Waals surface area contributed by atoms with Gasteiger partial charge in [-0.3, -0.25) is 9.69 Å². The number of ketones is 1. The molecule has 0 aromatic heterocycles. The molecule has 0 N–H and O–H groups in total. The molecule has 0 saturated heterocycles. The minimum atomic E-state index is 0.0316. The normalized spacial score (nSPS) is 13.1. The van der Waals surface area contributed by atoms with Crippen molar-refractivity contribution >= 4 is 11.4 Å². The third kappa shape index (κ3) is 11.7. The molecule has 174 valence electrons. The third-order valence-corrected chi connectivity index (χ3v) is 4.48. The largest absolute Gasteiger partial charge is 0.299 e. The fourth-order valence-corrected chi connectivity index (χ4v) is 3.15. The molecule has 0 radical (unpaired) electrons. The van der Waals surface area contributed by atoms with Gasteiger partial charge in [0.15, 0.2) is 5.78 Å². The molecular weight excluding hydrogens is 378 g/mol. The number of hydrogen-bond acceptors (Lipinski definition) is 2. The summed E-state index contributed by atoms with van der Waals surface area (Å²) >= 11 is 0. The standard InChI is InChI=1S/C21H23NO.4C2H6/c1-17(21(23)20-10-6-3-7-11-20)16-22-14-12-19(13-15-22)18-8-4-2-5-9-18;4*1-2/h2-12,17H,13-16H2,1H3;4*1-2H3. The van der Waals surface area contributed by atoms with Crippen molar-refractivity contribution in [3.63, 3.8) is 0 Å². The minimum absolute atomic E-state index is 0.0316. The number of hydrogen-bond donors (Lipinski definition) is 0. The van der Waals surface area contributed by atoms with Crippen molar-refractivity contribution in [1.29, 1.82) is 0 Å². The van der Waals surface area contributed by atoms with E-state index >= 15 is 0 Å². The first-order valence-corrected chi connectivity index (χ1v) is 12.3. The second kappa shape index (κ2) is 21.1. The van der Waals surface area contributed by atoms with E-state index in [9.17, 15) is 4.79 Å². The van der Waals surface area contributed by atoms with E-state index in [1.54, 1.807) is 0 Å². The van der Waals surface area contributed by atoms with Gasteiger partial charge < -0.3 is 0 Å². The van der Waals surface area contributed by atoms with Crippen molar-refractivity contribution in [2.75, 3.05) is 19.6 Å². The summed E-state index contributed by atoms with van der Waals surface area (Å²) in [6.07, 6.45) is 3.36. The van der Waals surface area contributed by atoms with Crippen LogP contribution >= 0.6 is 0 Å². The topological polar surface area (TPSA) is 20.3 Å². The highest BCUT2D eigenvalue weighted by atomic mass is 16.1. The van der Waals surface area contributed by atoms with Gasteiger partial charge in [0.05, 0.1) is 0 Å². The lowest BCUT2D eigenvalue weighted by Crippen LogP contribution is -2.35. The molecule has 1 aliphatic rings. The van der Waals surface area contributed by atoms with E-state index in [1.165, 1.54) is 11.1 Å². The van der Waals surface area contributed by atoms with Crippen molar-refractivity contribution in [1.82, 2.24) is 4.90 Å². The van der Waals surface area contributed by atoms with Crippen molar-refractivity contribution in [2.24, 2.45) is 5.92 Å². The Labute approximate surface area is 193 Å². The van der Waals surface area contributed by atoms with E-state index in [1.807, 2.05) is 92.6 Å². The highest BCUT2D eigenvalue weighted by molar-refractivity contribution is 5.97. The summed E-state index contributed by atoms with van der Waals surface area (Å²) in [5, 5.41) is 0. The molecule has 3 rings (SSSR count). The molecule has 31 heavy (non-hydrogen) atoms. The van der Waals surface area contributed by atoms with Gasteiger partial charge in [-0.05, 0) is 17.6 Å². The minimum Gasteiger partial charge on any atom is -0.299 e. The Hall–Kier alpha value is -2.19. The van der Waals surface area contributed by atoms with Crippen LogP contribution in [0.1, 0.15) is 84.7 Å². The molecule has 2 aromatic rings. The second-order valence-corrected chi connectivity index (χ2v) is 6.24. The Morgan fingerprint density at radius 2 is 1.29 bits per heavy atom. The van der Waals surface area contributed by atoms with E-state index in [0.717, 1.165) is 31.6 Å². The Bertz CT molecular complexity index is 676. The van der Waals surface area contributed by atoms with Crippen LogP contribution in [-0.2, 0) is 0 Å². The van der Waals surface area contributed by atoms with Crippen molar-refractivity contribution in [3.8, 4) is 0 Å². The predicted molar refractivity (Wildman–Crippen MR) is 141 cm³/mol. The Balaban J connectivity index is 0. The average Bonchev–Trinajstić information content (AvgIpc) is 2.90. The highest BCUT2D eigenvalue weighted by Crippen LogP contribution is 2.22. The van der Waals surface area contributed by atoms with E-state index < -0.39 is 0 Å². The van der Waals surface area contributed by atoms with Gasteiger partial charge in [-0.25, -0.2) is 0 Å². The van der Waals surface area contributed by atoms with Gasteiger partial charge in [-0.15, -0.1) is 0 Å². The molecule has 2 nitrogen and oxygen atoms in total. The zero-order chi connectivity index (χ0) is 24.1. The number of rotatable bonds is 5. The quantitative estimate of drug-likeness (QED) is 0.448. The number of carbonyl (C=O) groups excluding carboxylic acids is 1. The zero-order valence-corrected chi connectivity index (χ0v) is 21.6. The van der Waals surface area contributed by atoms with Gasteiger partial charge in [0.25, 0.3) is 0 Å². The fraction of sp³-hybridized carbons (Fsp3) is 0.483. The van der Waals surface area contributed by atoms with Crippen LogP contribution in [0.15, 0.2) is 66.7 Å². The van der Waals surface area contributed by atoms with Crippen LogP contribution in [0.2, 0.25) is 0 Å². The Morgan fingerprint density at radius 1 is 0.806 bits per heavy atom. The predicted octanol–water partition coefficient (Wildman–Crippen LogP) is 8.40.